The van der Waals surface area contributed by atoms with Crippen molar-refractivity contribution in [2.75, 3.05) is 45.2 Å². The first-order chi connectivity index (χ1) is 25.1. The molecular formula is C38H38ClF3N8O2. The molecule has 14 heteroatoms. The molecule has 3 atom stereocenters. The highest BCUT2D eigenvalue weighted by Crippen LogP contribution is 2.38. The number of benzene rings is 2. The van der Waals surface area contributed by atoms with Crippen LogP contribution >= 0.6 is 11.6 Å². The number of ether oxygens (including phenoxy) is 1. The van der Waals surface area contributed by atoms with Gasteiger partial charge in [-0.1, -0.05) is 35.9 Å². The summed E-state index contributed by atoms with van der Waals surface area (Å²) in [5.41, 5.74) is 0.961. The van der Waals surface area contributed by atoms with Gasteiger partial charge in [-0.3, -0.25) is 14.7 Å². The van der Waals surface area contributed by atoms with Gasteiger partial charge >= 0.3 is 6.01 Å². The monoisotopic (exact) mass is 730 g/mol. The molecule has 0 radical (unpaired) electrons. The van der Waals surface area contributed by atoms with Gasteiger partial charge in [-0.05, 0) is 62.7 Å². The van der Waals surface area contributed by atoms with Crippen molar-refractivity contribution in [3.05, 3.63) is 83.0 Å². The number of nitrogens with zero attached hydrogens (tertiary/aromatic N) is 8. The Morgan fingerprint density at radius 2 is 1.90 bits per heavy atom. The molecule has 3 aliphatic heterocycles. The maximum atomic E-state index is 16.2. The number of halogens is 4. The summed E-state index contributed by atoms with van der Waals surface area (Å²) in [6.45, 7) is 4.62. The first-order valence-corrected chi connectivity index (χ1v) is 17.6. The molecule has 3 fully saturated rings. The fourth-order valence-electron chi connectivity index (χ4n) is 7.36. The van der Waals surface area contributed by atoms with E-state index in [1.165, 1.54) is 38.3 Å². The van der Waals surface area contributed by atoms with Crippen LogP contribution in [0, 0.1) is 18.6 Å². The van der Waals surface area contributed by atoms with Gasteiger partial charge in [-0.2, -0.15) is 9.97 Å². The largest absolute Gasteiger partial charge is 0.467 e. The summed E-state index contributed by atoms with van der Waals surface area (Å²) < 4.78 is 48.5. The Labute approximate surface area is 304 Å². The van der Waals surface area contributed by atoms with Gasteiger partial charge in [0.1, 0.15) is 34.8 Å². The smallest absolute Gasteiger partial charge is 0.318 e. The summed E-state index contributed by atoms with van der Waals surface area (Å²) in [7, 11) is 3.23. The zero-order chi connectivity index (χ0) is 36.5. The lowest BCUT2D eigenvalue weighted by Gasteiger charge is -2.27. The third-order valence-corrected chi connectivity index (χ3v) is 10.4. The number of carbonyl (C=O) groups is 1. The predicted molar refractivity (Wildman–Crippen MR) is 195 cm³/mol. The van der Waals surface area contributed by atoms with Crippen LogP contribution < -0.4 is 9.64 Å². The summed E-state index contributed by atoms with van der Waals surface area (Å²) in [5, 5.41) is 1.25. The lowest BCUT2D eigenvalue weighted by molar-refractivity contribution is -0.124. The molecule has 3 aromatic heterocycles. The lowest BCUT2D eigenvalue weighted by atomic mass is 10.0. The van der Waals surface area contributed by atoms with Crippen molar-refractivity contribution in [2.24, 2.45) is 0 Å². The summed E-state index contributed by atoms with van der Waals surface area (Å²) >= 11 is 6.31. The number of aromatic nitrogens is 5. The Morgan fingerprint density at radius 1 is 1.06 bits per heavy atom. The quantitative estimate of drug-likeness (QED) is 0.174. The van der Waals surface area contributed by atoms with Crippen molar-refractivity contribution in [2.45, 2.75) is 50.9 Å². The molecule has 0 spiro atoms. The predicted octanol–water partition coefficient (Wildman–Crippen LogP) is 6.83. The van der Waals surface area contributed by atoms with Crippen molar-refractivity contribution in [1.82, 2.24) is 34.7 Å². The summed E-state index contributed by atoms with van der Waals surface area (Å²) in [6, 6.07) is 10.2. The topological polar surface area (TPSA) is 100 Å². The van der Waals surface area contributed by atoms with Crippen molar-refractivity contribution in [1.29, 1.82) is 0 Å². The molecular weight excluding hydrogens is 693 g/mol. The van der Waals surface area contributed by atoms with E-state index in [4.69, 9.17) is 16.3 Å². The Kier molecular flexibility index (Phi) is 10.2. The number of amides is 1. The van der Waals surface area contributed by atoms with Crippen LogP contribution in [0.4, 0.5) is 19.0 Å². The number of methoxy groups -OCH3 is 1. The highest BCUT2D eigenvalue weighted by Gasteiger charge is 2.35. The number of hydrogen-bond donors (Lipinski definition) is 0. The van der Waals surface area contributed by atoms with Gasteiger partial charge in [-0.15, -0.1) is 0 Å². The van der Waals surface area contributed by atoms with E-state index in [1.807, 2.05) is 11.9 Å². The van der Waals surface area contributed by atoms with E-state index in [0.29, 0.717) is 71.2 Å². The molecule has 1 amide bonds. The van der Waals surface area contributed by atoms with Crippen LogP contribution in [0.1, 0.15) is 37.2 Å². The minimum absolute atomic E-state index is 0.00256. The van der Waals surface area contributed by atoms with E-state index < -0.39 is 17.8 Å². The van der Waals surface area contributed by atoms with Crippen LogP contribution in [0.2, 0.25) is 5.02 Å². The van der Waals surface area contributed by atoms with E-state index in [1.54, 1.807) is 54.4 Å². The van der Waals surface area contributed by atoms with Gasteiger partial charge in [0.15, 0.2) is 5.82 Å². The average molecular weight is 731 g/mol. The second-order valence-electron chi connectivity index (χ2n) is 13.3. The van der Waals surface area contributed by atoms with Crippen molar-refractivity contribution in [3.8, 4) is 17.3 Å². The molecule has 10 nitrogen and oxygen atoms in total. The van der Waals surface area contributed by atoms with Crippen molar-refractivity contribution in [3.63, 3.8) is 0 Å². The second kappa shape index (κ2) is 15.0. The highest BCUT2D eigenvalue weighted by molar-refractivity contribution is 6.36. The van der Waals surface area contributed by atoms with Gasteiger partial charge in [0.2, 0.25) is 5.91 Å². The number of rotatable bonds is 6. The second-order valence-corrected chi connectivity index (χ2v) is 13.7. The number of hydrogen-bond acceptors (Lipinski definition) is 9. The minimum Gasteiger partial charge on any atom is -0.467 e. The maximum Gasteiger partial charge on any atom is 0.318 e. The molecule has 8 rings (SSSR count). The van der Waals surface area contributed by atoms with Crippen LogP contribution in [0.25, 0.3) is 39.0 Å². The summed E-state index contributed by atoms with van der Waals surface area (Å²) in [6.07, 6.45) is 9.79. The SMILES string of the molecule is COc1nc(N(C)C2CCN(C(=O)/C=C/c3ccnc(C)n3)C2)c2cnc(-c3cccc4ccc(F)c(Cl)c34)c(F)c2n1.FC1CC2CCCN2C1. The van der Waals surface area contributed by atoms with E-state index in [-0.39, 0.29) is 34.2 Å². The van der Waals surface area contributed by atoms with Crippen molar-refractivity contribution >= 4 is 51.1 Å². The van der Waals surface area contributed by atoms with E-state index in [2.05, 4.69) is 29.8 Å². The van der Waals surface area contributed by atoms with Gasteiger partial charge < -0.3 is 14.5 Å². The highest BCUT2D eigenvalue weighted by atomic mass is 35.5. The number of likely N-dealkylation sites (N-methyl/N-ethyl adjacent to an activating group) is 1. The third-order valence-electron chi connectivity index (χ3n) is 10.0. The summed E-state index contributed by atoms with van der Waals surface area (Å²) in [5.74, 6) is -0.431. The maximum absolute atomic E-state index is 16.2. The van der Waals surface area contributed by atoms with Gasteiger partial charge in [0.05, 0.1) is 23.2 Å². The Morgan fingerprint density at radius 3 is 2.69 bits per heavy atom. The van der Waals surface area contributed by atoms with Gasteiger partial charge in [0, 0.05) is 68.2 Å². The third kappa shape index (κ3) is 7.11. The molecule has 270 valence electrons. The number of pyridine rings is 1. The first kappa shape index (κ1) is 35.5. The molecule has 6 heterocycles. The molecule has 3 unspecified atom stereocenters. The number of alkyl halides is 1. The Bertz CT molecular complexity index is 2160. The number of aryl methyl sites for hydroxylation is 1. The van der Waals surface area contributed by atoms with E-state index in [0.717, 1.165) is 13.0 Å². The zero-order valence-electron chi connectivity index (χ0n) is 29.1. The summed E-state index contributed by atoms with van der Waals surface area (Å²) in [4.78, 5) is 40.5. The molecule has 3 saturated heterocycles. The van der Waals surface area contributed by atoms with Crippen LogP contribution in [-0.4, -0.2) is 99.2 Å². The number of anilines is 1. The molecule has 5 aromatic rings. The van der Waals surface area contributed by atoms with Crippen LogP contribution in [0.15, 0.2) is 54.9 Å². The molecule has 0 bridgehead atoms. The fraction of sp³-hybridized carbons (Fsp3) is 0.368. The lowest BCUT2D eigenvalue weighted by Crippen LogP contribution is -2.36. The van der Waals surface area contributed by atoms with Gasteiger partial charge in [-0.25, -0.2) is 23.1 Å². The van der Waals surface area contributed by atoms with Crippen LogP contribution in [-0.2, 0) is 4.79 Å². The molecule has 0 saturated carbocycles. The van der Waals surface area contributed by atoms with E-state index in [9.17, 15) is 13.6 Å². The average Bonchev–Trinajstić information content (AvgIpc) is 3.90. The van der Waals surface area contributed by atoms with E-state index >= 15 is 4.39 Å². The number of fused-ring (bicyclic) bond motifs is 3. The van der Waals surface area contributed by atoms with Gasteiger partial charge in [0.25, 0.3) is 0 Å². The Balaban J connectivity index is 0.000000404. The Hall–Kier alpha value is -4.88. The molecule has 52 heavy (non-hydrogen) atoms. The molecule has 2 aromatic carbocycles. The number of likely N-dealkylation sites (tertiary alicyclic amines) is 1. The molecule has 3 aliphatic rings. The fourth-order valence-corrected chi connectivity index (χ4v) is 7.64. The minimum atomic E-state index is -0.714. The molecule has 0 N–H and O–H groups in total. The first-order valence-electron chi connectivity index (χ1n) is 17.3. The zero-order valence-corrected chi connectivity index (χ0v) is 29.8. The van der Waals surface area contributed by atoms with Crippen molar-refractivity contribution < 1.29 is 22.7 Å². The number of carbonyl (C=O) groups excluding carboxylic acids is 1. The van der Waals surface area contributed by atoms with Crippen LogP contribution in [0.5, 0.6) is 6.01 Å². The molecule has 0 aliphatic carbocycles. The normalized spacial score (nSPS) is 20.1. The standard InChI is InChI=1S/C31H26ClF2N7O2.C7H12FN/c1-17-35-13-11-19(37-17)8-10-24(42)41-14-12-20(16-41)40(2)30-22-15-36-28(27(34)29(22)38-31(39-30)43-3)21-6-4-5-18-7-9-23(33)26(32)25(18)21;8-6-4-7-2-1-3-9(7)5-6/h4-11,13,15,20H,12,14,16H2,1-3H3;6-7H,1-5H2/b10-8+;. The van der Waals surface area contributed by atoms with Crippen LogP contribution in [0.3, 0.4) is 0 Å².